The van der Waals surface area contributed by atoms with E-state index >= 15 is 0 Å². The Morgan fingerprint density at radius 1 is 1.21 bits per heavy atom. The Bertz CT molecular complexity index is 1170. The van der Waals surface area contributed by atoms with Crippen LogP contribution in [0, 0.1) is 0 Å². The molecule has 1 aliphatic heterocycles. The van der Waals surface area contributed by atoms with Crippen molar-refractivity contribution in [3.63, 3.8) is 0 Å². The summed E-state index contributed by atoms with van der Waals surface area (Å²) in [6.45, 7) is -0.550. The van der Waals surface area contributed by atoms with Crippen molar-refractivity contribution in [3.05, 3.63) is 55.7 Å². The minimum Gasteiger partial charge on any atom is -0.394 e. The number of nitrogens with zero attached hydrogens (tertiary/aromatic N) is 3. The fraction of sp³-hybridized carbons (Fsp3) is 0.353. The highest BCUT2D eigenvalue weighted by Crippen LogP contribution is 2.30. The largest absolute Gasteiger partial charge is 0.394 e. The average molecular weight is 424 g/mol. The first-order chi connectivity index (χ1) is 13.8. The number of nitrogen functional groups attached to an aromatic ring is 1. The van der Waals surface area contributed by atoms with Crippen molar-refractivity contribution in [1.29, 1.82) is 0 Å². The third-order valence-electron chi connectivity index (χ3n) is 4.86. The Labute approximate surface area is 167 Å². The standard InChI is InChI=1S/C17H18ClN5O6/c18-8-3-1-7(2-4-8)5-22-10-13(20-16(19)21-14(10)27)23(17(22)28)15-12(26)11(25)9(6-24)29-15/h1-4,9,11-12,15,24-26H,5-6H2,(H3,19,20,21,27)/t9-,11-,12-,15-/m1/s1. The summed E-state index contributed by atoms with van der Waals surface area (Å²) in [6, 6.07) is 6.69. The molecule has 6 N–H and O–H groups in total. The summed E-state index contributed by atoms with van der Waals surface area (Å²) >= 11 is 5.89. The van der Waals surface area contributed by atoms with Crippen LogP contribution in [0.5, 0.6) is 0 Å². The van der Waals surface area contributed by atoms with Gasteiger partial charge in [-0.3, -0.25) is 14.3 Å². The van der Waals surface area contributed by atoms with Crippen molar-refractivity contribution in [1.82, 2.24) is 19.1 Å². The van der Waals surface area contributed by atoms with Gasteiger partial charge in [-0.15, -0.1) is 0 Å². The number of rotatable bonds is 4. The molecule has 4 rings (SSSR count). The van der Waals surface area contributed by atoms with Gasteiger partial charge in [0.1, 0.15) is 18.3 Å². The summed E-state index contributed by atoms with van der Waals surface area (Å²) in [5.74, 6) is -0.230. The number of benzene rings is 1. The van der Waals surface area contributed by atoms with Gasteiger partial charge in [0, 0.05) is 5.02 Å². The molecule has 154 valence electrons. The zero-order valence-electron chi connectivity index (χ0n) is 14.9. The fourth-order valence-electron chi connectivity index (χ4n) is 3.44. The molecule has 2 aromatic heterocycles. The van der Waals surface area contributed by atoms with Crippen LogP contribution in [0.25, 0.3) is 11.2 Å². The molecule has 1 aliphatic rings. The van der Waals surface area contributed by atoms with Crippen LogP contribution in [0.1, 0.15) is 11.8 Å². The van der Waals surface area contributed by atoms with Crippen LogP contribution in [0.3, 0.4) is 0 Å². The first-order valence-electron chi connectivity index (χ1n) is 8.69. The van der Waals surface area contributed by atoms with E-state index in [2.05, 4.69) is 9.97 Å². The van der Waals surface area contributed by atoms with E-state index in [0.717, 1.165) is 4.57 Å². The molecule has 4 atom stereocenters. The van der Waals surface area contributed by atoms with E-state index in [1.807, 2.05) is 0 Å². The highest BCUT2D eigenvalue weighted by atomic mass is 35.5. The highest BCUT2D eigenvalue weighted by molar-refractivity contribution is 6.30. The average Bonchev–Trinajstić information content (AvgIpc) is 3.11. The molecule has 29 heavy (non-hydrogen) atoms. The number of aliphatic hydroxyl groups is 3. The SMILES string of the molecule is Nc1nc2c(c(=O)[nH]1)n(Cc1ccc(Cl)cc1)c(=O)n2[C@@H]1O[C@H](CO)[C@@H](O)[C@H]1O. The van der Waals surface area contributed by atoms with Crippen LogP contribution >= 0.6 is 11.6 Å². The van der Waals surface area contributed by atoms with Crippen molar-refractivity contribution < 1.29 is 20.1 Å². The Kier molecular flexibility index (Phi) is 4.92. The van der Waals surface area contributed by atoms with E-state index in [0.29, 0.717) is 10.6 Å². The number of aliphatic hydroxyl groups excluding tert-OH is 3. The maximum atomic E-state index is 13.2. The summed E-state index contributed by atoms with van der Waals surface area (Å²) in [4.78, 5) is 32.1. The lowest BCUT2D eigenvalue weighted by Crippen LogP contribution is -2.36. The summed E-state index contributed by atoms with van der Waals surface area (Å²) in [5, 5.41) is 30.2. The monoisotopic (exact) mass is 423 g/mol. The van der Waals surface area contributed by atoms with Gasteiger partial charge in [-0.1, -0.05) is 23.7 Å². The van der Waals surface area contributed by atoms with Gasteiger partial charge in [0.15, 0.2) is 17.4 Å². The van der Waals surface area contributed by atoms with Gasteiger partial charge in [-0.25, -0.2) is 9.36 Å². The second kappa shape index (κ2) is 7.28. The molecule has 1 saturated heterocycles. The number of fused-ring (bicyclic) bond motifs is 1. The van der Waals surface area contributed by atoms with Crippen LogP contribution < -0.4 is 17.0 Å². The van der Waals surface area contributed by atoms with Crippen LogP contribution in [-0.2, 0) is 11.3 Å². The predicted octanol–water partition coefficient (Wildman–Crippen LogP) is -1.22. The smallest absolute Gasteiger partial charge is 0.333 e. The highest BCUT2D eigenvalue weighted by Gasteiger charge is 2.45. The number of ether oxygens (including phenoxy) is 1. The van der Waals surface area contributed by atoms with E-state index < -0.39 is 42.4 Å². The number of hydrogen-bond acceptors (Lipinski definition) is 8. The lowest BCUT2D eigenvalue weighted by Gasteiger charge is -2.15. The number of anilines is 1. The first kappa shape index (κ1) is 19.6. The second-order valence-corrected chi connectivity index (χ2v) is 7.15. The van der Waals surface area contributed by atoms with Gasteiger partial charge < -0.3 is 25.8 Å². The maximum Gasteiger partial charge on any atom is 0.333 e. The van der Waals surface area contributed by atoms with Crippen molar-refractivity contribution in [2.75, 3.05) is 12.3 Å². The van der Waals surface area contributed by atoms with Crippen LogP contribution in [0.4, 0.5) is 5.95 Å². The van der Waals surface area contributed by atoms with Gasteiger partial charge in [-0.2, -0.15) is 4.98 Å². The number of aromatic amines is 1. The minimum atomic E-state index is -1.53. The van der Waals surface area contributed by atoms with Crippen molar-refractivity contribution in [2.45, 2.75) is 31.1 Å². The normalized spacial score (nSPS) is 24.4. The maximum absolute atomic E-state index is 13.2. The summed E-state index contributed by atoms with van der Waals surface area (Å²) < 4.78 is 7.58. The molecular weight excluding hydrogens is 406 g/mol. The molecule has 0 aliphatic carbocycles. The number of aromatic nitrogens is 4. The molecule has 0 unspecified atom stereocenters. The van der Waals surface area contributed by atoms with E-state index in [4.69, 9.17) is 22.1 Å². The Hall–Kier alpha value is -2.70. The Morgan fingerprint density at radius 3 is 2.52 bits per heavy atom. The lowest BCUT2D eigenvalue weighted by molar-refractivity contribution is -0.0527. The Morgan fingerprint density at radius 2 is 1.90 bits per heavy atom. The van der Waals surface area contributed by atoms with Crippen LogP contribution in [-0.4, -0.2) is 59.3 Å². The van der Waals surface area contributed by atoms with Crippen molar-refractivity contribution in [2.24, 2.45) is 0 Å². The van der Waals surface area contributed by atoms with Gasteiger partial charge >= 0.3 is 5.69 Å². The van der Waals surface area contributed by atoms with Crippen LogP contribution in [0.15, 0.2) is 33.9 Å². The van der Waals surface area contributed by atoms with Gasteiger partial charge in [0.05, 0.1) is 13.2 Å². The molecule has 0 bridgehead atoms. The van der Waals surface area contributed by atoms with E-state index in [1.54, 1.807) is 24.3 Å². The fourth-order valence-corrected chi connectivity index (χ4v) is 3.57. The number of halogens is 1. The number of hydrogen-bond donors (Lipinski definition) is 5. The molecule has 12 heteroatoms. The van der Waals surface area contributed by atoms with Gasteiger partial charge in [0.2, 0.25) is 5.95 Å². The molecular formula is C17H18ClN5O6. The number of H-pyrrole nitrogens is 1. The lowest BCUT2D eigenvalue weighted by atomic mass is 10.1. The topological polar surface area (TPSA) is 169 Å². The molecule has 0 spiro atoms. The minimum absolute atomic E-state index is 0.0168. The zero-order chi connectivity index (χ0) is 20.9. The molecule has 3 heterocycles. The van der Waals surface area contributed by atoms with Crippen LogP contribution in [0.2, 0.25) is 5.02 Å². The summed E-state index contributed by atoms with van der Waals surface area (Å²) in [7, 11) is 0. The number of nitrogens with one attached hydrogen (secondary N) is 1. The molecule has 0 saturated carbocycles. The van der Waals surface area contributed by atoms with Crippen molar-refractivity contribution >= 4 is 28.7 Å². The molecule has 1 fully saturated rings. The second-order valence-electron chi connectivity index (χ2n) is 6.72. The number of nitrogens with two attached hydrogens (primary N) is 1. The van der Waals surface area contributed by atoms with Gasteiger partial charge in [-0.05, 0) is 17.7 Å². The zero-order valence-corrected chi connectivity index (χ0v) is 15.7. The van der Waals surface area contributed by atoms with E-state index in [1.165, 1.54) is 4.57 Å². The molecule has 0 amide bonds. The predicted molar refractivity (Wildman–Crippen MR) is 103 cm³/mol. The van der Waals surface area contributed by atoms with Gasteiger partial charge in [0.25, 0.3) is 5.56 Å². The molecule has 1 aromatic carbocycles. The molecule has 0 radical (unpaired) electrons. The third kappa shape index (κ3) is 3.22. The quantitative estimate of drug-likeness (QED) is 0.348. The third-order valence-corrected chi connectivity index (χ3v) is 5.11. The molecule has 11 nitrogen and oxygen atoms in total. The number of imidazole rings is 1. The van der Waals surface area contributed by atoms with E-state index in [9.17, 15) is 24.9 Å². The van der Waals surface area contributed by atoms with E-state index in [-0.39, 0.29) is 23.7 Å². The summed E-state index contributed by atoms with van der Waals surface area (Å²) in [5.41, 5.74) is 4.79. The first-order valence-corrected chi connectivity index (χ1v) is 9.07. The summed E-state index contributed by atoms with van der Waals surface area (Å²) in [6.07, 6.45) is -5.42. The Balaban J connectivity index is 1.92. The van der Waals surface area contributed by atoms with Crippen molar-refractivity contribution in [3.8, 4) is 0 Å². The molecule has 3 aromatic rings.